The van der Waals surface area contributed by atoms with E-state index in [0.29, 0.717) is 5.92 Å². The summed E-state index contributed by atoms with van der Waals surface area (Å²) in [4.78, 5) is 39.1. The number of hydrogen-bond acceptors (Lipinski definition) is 9. The summed E-state index contributed by atoms with van der Waals surface area (Å²) in [6.07, 6.45) is 4.68. The summed E-state index contributed by atoms with van der Waals surface area (Å²) < 4.78 is 17.1. The molecular weight excluding hydrogens is 907 g/mol. The van der Waals surface area contributed by atoms with Gasteiger partial charge in [-0.05, 0) is 161 Å². The Morgan fingerprint density at radius 2 is 1.14 bits per heavy atom. The van der Waals surface area contributed by atoms with Crippen molar-refractivity contribution in [2.24, 2.45) is 17.3 Å². The molecule has 0 aliphatic heterocycles. The summed E-state index contributed by atoms with van der Waals surface area (Å²) in [5.41, 5.74) is 15.6. The molecule has 1 saturated carbocycles. The van der Waals surface area contributed by atoms with Crippen LogP contribution in [-0.2, 0) is 28.6 Å². The Labute approximate surface area is 435 Å². The minimum atomic E-state index is -0.616. The van der Waals surface area contributed by atoms with Gasteiger partial charge in [-0.2, -0.15) is 0 Å². The van der Waals surface area contributed by atoms with Gasteiger partial charge in [-0.15, -0.1) is 0 Å². The van der Waals surface area contributed by atoms with Gasteiger partial charge in [-0.1, -0.05) is 131 Å². The SMILES string of the molecule is CCC(C)CC(C)(C(=O)OCCOC(=O)CCC(=O)OC1CCCCC1Nc1ccc(C(c2ccc(Nc3c(C)cc(C)cc3C)cc2)c2ccc(Nc3c(C)cc(C)cc3C)cc2)c2ccccc12)C(C)C. The van der Waals surface area contributed by atoms with Gasteiger partial charge in [0, 0.05) is 39.7 Å². The molecule has 0 heterocycles. The topological polar surface area (TPSA) is 115 Å². The zero-order valence-corrected chi connectivity index (χ0v) is 45.3. The van der Waals surface area contributed by atoms with E-state index in [-0.39, 0.29) is 56.0 Å². The Morgan fingerprint density at radius 3 is 1.67 bits per heavy atom. The van der Waals surface area contributed by atoms with Crippen LogP contribution in [0.15, 0.2) is 109 Å². The molecule has 73 heavy (non-hydrogen) atoms. The van der Waals surface area contributed by atoms with Gasteiger partial charge in [-0.3, -0.25) is 14.4 Å². The van der Waals surface area contributed by atoms with E-state index >= 15 is 0 Å². The van der Waals surface area contributed by atoms with Gasteiger partial charge in [0.15, 0.2) is 0 Å². The number of carbonyl (C=O) groups excluding carboxylic acids is 3. The minimum absolute atomic E-state index is 0.0256. The number of hydrogen-bond donors (Lipinski definition) is 3. The summed E-state index contributed by atoms with van der Waals surface area (Å²) in [7, 11) is 0. The van der Waals surface area contributed by atoms with E-state index in [4.69, 9.17) is 14.2 Å². The molecule has 0 aromatic heterocycles. The zero-order valence-electron chi connectivity index (χ0n) is 45.3. The van der Waals surface area contributed by atoms with Crippen molar-refractivity contribution in [3.8, 4) is 0 Å². The lowest BCUT2D eigenvalue weighted by atomic mass is 9.72. The van der Waals surface area contributed by atoms with Crippen LogP contribution in [0.4, 0.5) is 28.4 Å². The van der Waals surface area contributed by atoms with Crippen molar-refractivity contribution in [3.05, 3.63) is 159 Å². The van der Waals surface area contributed by atoms with Crippen molar-refractivity contribution in [1.82, 2.24) is 0 Å². The standard InChI is InChI=1S/C64H79N3O6/c1-12-41(4)39-64(11,40(2)3)63(70)72-34-33-71-58(68)31-32-59(69)73-57-20-16-15-19-56(57)67-55-30-29-54(52-17-13-14-18-53(52)55)60(48-21-25-50(26-22-48)65-61-44(7)35-42(5)36-45(61)8)49-23-27-51(28-24-49)66-62-46(9)37-43(6)38-47(62)10/h13-14,17-18,21-30,35-38,40-41,56-57,60,65-67H,12,15-16,19-20,31-34,39H2,1-11H3. The Bertz CT molecular complexity index is 2720. The lowest BCUT2D eigenvalue weighted by Gasteiger charge is -2.33. The van der Waals surface area contributed by atoms with Crippen LogP contribution >= 0.6 is 0 Å². The fourth-order valence-electron chi connectivity index (χ4n) is 10.8. The largest absolute Gasteiger partial charge is 0.462 e. The Kier molecular flexibility index (Phi) is 18.1. The van der Waals surface area contributed by atoms with Gasteiger partial charge in [0.1, 0.15) is 19.3 Å². The summed E-state index contributed by atoms with van der Waals surface area (Å²) in [5, 5.41) is 13.5. The van der Waals surface area contributed by atoms with Crippen LogP contribution in [0.2, 0.25) is 0 Å². The summed E-state index contributed by atoms with van der Waals surface area (Å²) in [5.74, 6) is -0.826. The molecule has 4 unspecified atom stereocenters. The number of rotatable bonds is 21. The zero-order chi connectivity index (χ0) is 52.4. The van der Waals surface area contributed by atoms with Crippen molar-refractivity contribution in [2.75, 3.05) is 29.2 Å². The predicted octanol–water partition coefficient (Wildman–Crippen LogP) is 15.6. The normalized spacial score (nSPS) is 15.9. The van der Waals surface area contributed by atoms with Gasteiger partial charge in [0.25, 0.3) is 0 Å². The molecule has 0 bridgehead atoms. The van der Waals surface area contributed by atoms with Crippen molar-refractivity contribution in [2.45, 2.75) is 146 Å². The first kappa shape index (κ1) is 54.2. The number of esters is 3. The highest BCUT2D eigenvalue weighted by Crippen LogP contribution is 2.41. The number of ether oxygens (including phenoxy) is 3. The number of anilines is 5. The second-order valence-corrected chi connectivity index (χ2v) is 21.4. The van der Waals surface area contributed by atoms with Gasteiger partial charge in [0.05, 0.1) is 24.3 Å². The smallest absolute Gasteiger partial charge is 0.312 e. The average Bonchev–Trinajstić information content (AvgIpc) is 3.36. The summed E-state index contributed by atoms with van der Waals surface area (Å²) in [6.45, 7) is 23.1. The number of nitrogens with one attached hydrogen (secondary N) is 3. The van der Waals surface area contributed by atoms with E-state index in [9.17, 15) is 14.4 Å². The van der Waals surface area contributed by atoms with E-state index < -0.39 is 17.4 Å². The van der Waals surface area contributed by atoms with Gasteiger partial charge < -0.3 is 30.2 Å². The molecule has 0 radical (unpaired) electrons. The molecule has 6 aromatic carbocycles. The van der Waals surface area contributed by atoms with Gasteiger partial charge in [-0.25, -0.2) is 0 Å². The van der Waals surface area contributed by atoms with E-state index in [1.54, 1.807) is 0 Å². The molecule has 1 aliphatic rings. The van der Waals surface area contributed by atoms with Gasteiger partial charge in [0.2, 0.25) is 0 Å². The van der Waals surface area contributed by atoms with Gasteiger partial charge >= 0.3 is 17.9 Å². The highest BCUT2D eigenvalue weighted by Gasteiger charge is 2.39. The molecule has 1 aliphatic carbocycles. The Hall–Kier alpha value is -6.61. The molecule has 3 N–H and O–H groups in total. The molecule has 0 amide bonds. The maximum atomic E-state index is 13.3. The monoisotopic (exact) mass is 986 g/mol. The van der Waals surface area contributed by atoms with E-state index in [1.807, 2.05) is 20.8 Å². The van der Waals surface area contributed by atoms with Crippen molar-refractivity contribution >= 4 is 57.1 Å². The number of aryl methyl sites for hydroxylation is 6. The Morgan fingerprint density at radius 1 is 0.630 bits per heavy atom. The van der Waals surface area contributed by atoms with Crippen LogP contribution in [0, 0.1) is 58.8 Å². The molecule has 9 nitrogen and oxygen atoms in total. The van der Waals surface area contributed by atoms with E-state index in [1.165, 1.54) is 50.1 Å². The van der Waals surface area contributed by atoms with Crippen LogP contribution in [-0.4, -0.2) is 43.3 Å². The number of fused-ring (bicyclic) bond motifs is 1. The molecule has 4 atom stereocenters. The molecule has 1 fully saturated rings. The third-order valence-electron chi connectivity index (χ3n) is 15.3. The summed E-state index contributed by atoms with van der Waals surface area (Å²) in [6, 6.07) is 39.5. The minimum Gasteiger partial charge on any atom is -0.462 e. The van der Waals surface area contributed by atoms with Crippen LogP contribution in [0.3, 0.4) is 0 Å². The molecule has 6 aromatic rings. The molecule has 9 heteroatoms. The fourth-order valence-corrected chi connectivity index (χ4v) is 10.8. The lowest BCUT2D eigenvalue weighted by Crippen LogP contribution is -2.39. The molecule has 7 rings (SSSR count). The van der Waals surface area contributed by atoms with Crippen molar-refractivity contribution in [3.63, 3.8) is 0 Å². The van der Waals surface area contributed by atoms with Crippen LogP contribution < -0.4 is 16.0 Å². The summed E-state index contributed by atoms with van der Waals surface area (Å²) >= 11 is 0. The first-order valence-corrected chi connectivity index (χ1v) is 26.6. The highest BCUT2D eigenvalue weighted by molar-refractivity contribution is 5.97. The van der Waals surface area contributed by atoms with E-state index in [0.717, 1.165) is 77.7 Å². The Balaban J connectivity index is 1.06. The molecule has 0 saturated heterocycles. The first-order valence-electron chi connectivity index (χ1n) is 26.6. The van der Waals surface area contributed by atoms with Crippen LogP contribution in [0.1, 0.15) is 142 Å². The fraction of sp³-hybridized carbons (Fsp3) is 0.422. The van der Waals surface area contributed by atoms with E-state index in [2.05, 4.69) is 181 Å². The van der Waals surface area contributed by atoms with Crippen molar-refractivity contribution < 1.29 is 28.6 Å². The first-order chi connectivity index (χ1) is 34.9. The third kappa shape index (κ3) is 13.5. The third-order valence-corrected chi connectivity index (χ3v) is 15.3. The van der Waals surface area contributed by atoms with Crippen molar-refractivity contribution in [1.29, 1.82) is 0 Å². The molecular formula is C64H79N3O6. The van der Waals surface area contributed by atoms with Crippen LogP contribution in [0.25, 0.3) is 10.8 Å². The second kappa shape index (κ2) is 24.4. The lowest BCUT2D eigenvalue weighted by molar-refractivity contribution is -0.163. The maximum absolute atomic E-state index is 13.3. The highest BCUT2D eigenvalue weighted by atomic mass is 16.6. The maximum Gasteiger partial charge on any atom is 0.312 e. The number of carbonyl (C=O) groups is 3. The quantitative estimate of drug-likeness (QED) is 0.0281. The molecule has 0 spiro atoms. The number of benzene rings is 6. The molecule has 386 valence electrons. The average molecular weight is 986 g/mol. The second-order valence-electron chi connectivity index (χ2n) is 21.4. The predicted molar refractivity (Wildman–Crippen MR) is 300 cm³/mol. The van der Waals surface area contributed by atoms with Crippen LogP contribution in [0.5, 0.6) is 0 Å².